The Bertz CT molecular complexity index is 931. The van der Waals surface area contributed by atoms with Gasteiger partial charge in [0, 0.05) is 6.20 Å². The first kappa shape index (κ1) is 20.4. The number of carbonyl (C=O) groups excluding carboxylic acids is 2. The number of pyridine rings is 1. The Morgan fingerprint density at radius 2 is 1.74 bits per heavy atom. The van der Waals surface area contributed by atoms with Crippen LogP contribution in [0.4, 0.5) is 13.2 Å². The number of halogens is 3. The highest BCUT2D eigenvalue weighted by Crippen LogP contribution is 2.30. The predicted molar refractivity (Wildman–Crippen MR) is 86.0 cm³/mol. The molecule has 2 rings (SSSR count). The molecular formula is C16H13F3N2O5S. The number of aromatic nitrogens is 1. The van der Waals surface area contributed by atoms with E-state index in [0.29, 0.717) is 5.56 Å². The molecule has 1 amide bonds. The van der Waals surface area contributed by atoms with Gasteiger partial charge in [-0.05, 0) is 17.7 Å². The average molecular weight is 402 g/mol. The second-order valence-electron chi connectivity index (χ2n) is 5.13. The van der Waals surface area contributed by atoms with Crippen molar-refractivity contribution in [3.63, 3.8) is 0 Å². The number of hydrogen-bond acceptors (Lipinski definition) is 6. The molecule has 1 aromatic carbocycles. The van der Waals surface area contributed by atoms with Crippen molar-refractivity contribution in [3.05, 3.63) is 59.8 Å². The second-order valence-corrected chi connectivity index (χ2v) is 6.99. The number of alkyl halides is 3. The molecule has 1 N–H and O–H groups in total. The van der Waals surface area contributed by atoms with Crippen LogP contribution in [0.15, 0.2) is 53.7 Å². The van der Waals surface area contributed by atoms with Gasteiger partial charge in [-0.3, -0.25) is 9.59 Å². The summed E-state index contributed by atoms with van der Waals surface area (Å²) in [5, 5.41) is 0.576. The summed E-state index contributed by atoms with van der Waals surface area (Å²) >= 11 is 0. The number of benzene rings is 1. The Hall–Kier alpha value is -2.95. The summed E-state index contributed by atoms with van der Waals surface area (Å²) in [6, 6.07) is 10.6. The van der Waals surface area contributed by atoms with Crippen molar-refractivity contribution in [1.29, 1.82) is 0 Å². The van der Waals surface area contributed by atoms with Crippen molar-refractivity contribution < 1.29 is 35.9 Å². The molecule has 0 saturated heterocycles. The molecular weight excluding hydrogens is 389 g/mol. The third kappa shape index (κ3) is 5.03. The lowest BCUT2D eigenvalue weighted by Gasteiger charge is -2.11. The van der Waals surface area contributed by atoms with Crippen LogP contribution in [0.5, 0.6) is 0 Å². The van der Waals surface area contributed by atoms with Crippen LogP contribution in [0.3, 0.4) is 0 Å². The van der Waals surface area contributed by atoms with Gasteiger partial charge in [-0.15, -0.1) is 0 Å². The number of hydrogen-bond donors (Lipinski definition) is 1. The molecule has 1 heterocycles. The van der Waals surface area contributed by atoms with Crippen molar-refractivity contribution in [2.45, 2.75) is 17.1 Å². The summed E-state index contributed by atoms with van der Waals surface area (Å²) in [4.78, 5) is 26.8. The Labute approximate surface area is 152 Å². The molecule has 0 bridgehead atoms. The Morgan fingerprint density at radius 3 is 2.37 bits per heavy atom. The molecule has 0 unspecified atom stereocenters. The number of nitrogens with one attached hydrogen (secondary N) is 1. The molecule has 0 aliphatic carbocycles. The summed E-state index contributed by atoms with van der Waals surface area (Å²) in [6.07, 6.45) is 0.809. The van der Waals surface area contributed by atoms with Gasteiger partial charge in [-0.1, -0.05) is 30.3 Å². The van der Waals surface area contributed by atoms with Gasteiger partial charge in [0.1, 0.15) is 13.2 Å². The fraction of sp³-hybridized carbons (Fsp3) is 0.188. The Balaban J connectivity index is 2.04. The highest BCUT2D eigenvalue weighted by molar-refractivity contribution is 7.92. The number of sulfone groups is 1. The minimum absolute atomic E-state index is 0.0594. The van der Waals surface area contributed by atoms with Crippen molar-refractivity contribution >= 4 is 21.7 Å². The van der Waals surface area contributed by atoms with Gasteiger partial charge in [0.2, 0.25) is 0 Å². The minimum atomic E-state index is -5.83. The molecule has 0 atom stereocenters. The van der Waals surface area contributed by atoms with Crippen molar-refractivity contribution in [3.8, 4) is 0 Å². The summed E-state index contributed by atoms with van der Waals surface area (Å²) < 4.78 is 66.0. The fourth-order valence-electron chi connectivity index (χ4n) is 1.92. The van der Waals surface area contributed by atoms with Gasteiger partial charge in [-0.25, -0.2) is 13.4 Å². The van der Waals surface area contributed by atoms with E-state index in [1.807, 2.05) is 5.32 Å². The first-order chi connectivity index (χ1) is 12.6. The van der Waals surface area contributed by atoms with E-state index in [4.69, 9.17) is 4.74 Å². The van der Waals surface area contributed by atoms with Gasteiger partial charge in [0.05, 0.1) is 5.56 Å². The first-order valence-corrected chi connectivity index (χ1v) is 8.85. The van der Waals surface area contributed by atoms with Crippen LogP contribution in [-0.2, 0) is 26.0 Å². The van der Waals surface area contributed by atoms with E-state index in [0.717, 1.165) is 18.3 Å². The zero-order chi connectivity index (χ0) is 20.1. The van der Waals surface area contributed by atoms with Crippen LogP contribution >= 0.6 is 0 Å². The quantitative estimate of drug-likeness (QED) is 0.740. The summed E-state index contributed by atoms with van der Waals surface area (Å²) in [5.41, 5.74) is -5.75. The molecule has 0 radical (unpaired) electrons. The maximum atomic E-state index is 12.7. The van der Waals surface area contributed by atoms with E-state index in [1.165, 1.54) is 0 Å². The zero-order valence-corrected chi connectivity index (χ0v) is 14.4. The van der Waals surface area contributed by atoms with Crippen LogP contribution in [0, 0.1) is 0 Å². The standard InChI is InChI=1S/C16H13F3N2O5S/c17-16(18,19)27(24,25)15-12(7-4-8-20-15)14(23)21-9-13(22)26-10-11-5-2-1-3-6-11/h1-8H,9-10H2,(H,21,23). The van der Waals surface area contributed by atoms with E-state index < -0.39 is 44.4 Å². The highest BCUT2D eigenvalue weighted by atomic mass is 32.2. The molecule has 11 heteroatoms. The molecule has 0 saturated carbocycles. The van der Waals surface area contributed by atoms with Crippen molar-refractivity contribution in [1.82, 2.24) is 10.3 Å². The zero-order valence-electron chi connectivity index (χ0n) is 13.6. The molecule has 2 aromatic rings. The minimum Gasteiger partial charge on any atom is -0.460 e. The monoisotopic (exact) mass is 402 g/mol. The van der Waals surface area contributed by atoms with E-state index >= 15 is 0 Å². The van der Waals surface area contributed by atoms with Crippen LogP contribution in [0.2, 0.25) is 0 Å². The average Bonchev–Trinajstić information content (AvgIpc) is 2.64. The third-order valence-electron chi connectivity index (χ3n) is 3.21. The van der Waals surface area contributed by atoms with Crippen LogP contribution in [0.25, 0.3) is 0 Å². The third-order valence-corrected chi connectivity index (χ3v) is 4.65. The second kappa shape index (κ2) is 8.16. The van der Waals surface area contributed by atoms with Crippen LogP contribution in [0.1, 0.15) is 15.9 Å². The topological polar surface area (TPSA) is 102 Å². The Kier molecular flexibility index (Phi) is 6.16. The van der Waals surface area contributed by atoms with Crippen molar-refractivity contribution in [2.24, 2.45) is 0 Å². The fourth-order valence-corrected chi connectivity index (χ4v) is 2.79. The molecule has 144 valence electrons. The highest BCUT2D eigenvalue weighted by Gasteiger charge is 2.49. The van der Waals surface area contributed by atoms with Gasteiger partial charge in [0.25, 0.3) is 15.7 Å². The smallest absolute Gasteiger partial charge is 0.460 e. The number of carbonyl (C=O) groups is 2. The maximum Gasteiger partial charge on any atom is 0.503 e. The number of esters is 1. The normalized spacial score (nSPS) is 11.7. The van der Waals surface area contributed by atoms with E-state index in [9.17, 15) is 31.2 Å². The van der Waals surface area contributed by atoms with Crippen LogP contribution in [-0.4, -0.2) is 37.3 Å². The molecule has 1 aromatic heterocycles. The summed E-state index contributed by atoms with van der Waals surface area (Å²) in [7, 11) is -5.83. The maximum absolute atomic E-state index is 12.7. The lowest BCUT2D eigenvalue weighted by molar-refractivity contribution is -0.143. The molecule has 0 spiro atoms. The number of amides is 1. The van der Waals surface area contributed by atoms with Gasteiger partial charge < -0.3 is 10.1 Å². The Morgan fingerprint density at radius 1 is 1.07 bits per heavy atom. The van der Waals surface area contributed by atoms with Gasteiger partial charge in [-0.2, -0.15) is 13.2 Å². The number of rotatable bonds is 6. The summed E-state index contributed by atoms with van der Waals surface area (Å²) in [6.45, 7) is -0.720. The van der Waals surface area contributed by atoms with Gasteiger partial charge >= 0.3 is 11.5 Å². The number of ether oxygens (including phenoxy) is 1. The molecule has 0 aliphatic heterocycles. The lowest BCUT2D eigenvalue weighted by atomic mass is 10.2. The molecule has 0 fully saturated rings. The largest absolute Gasteiger partial charge is 0.503 e. The molecule has 27 heavy (non-hydrogen) atoms. The first-order valence-electron chi connectivity index (χ1n) is 7.37. The van der Waals surface area contributed by atoms with Crippen LogP contribution < -0.4 is 5.32 Å². The van der Waals surface area contributed by atoms with E-state index in [2.05, 4.69) is 4.98 Å². The van der Waals surface area contributed by atoms with Gasteiger partial charge in [0.15, 0.2) is 5.03 Å². The summed E-state index contributed by atoms with van der Waals surface area (Å²) in [5.74, 6) is -2.06. The predicted octanol–water partition coefficient (Wildman–Crippen LogP) is 1.85. The molecule has 7 nitrogen and oxygen atoms in total. The SMILES string of the molecule is O=C(CNC(=O)c1cccnc1S(=O)(=O)C(F)(F)F)OCc1ccccc1. The van der Waals surface area contributed by atoms with E-state index in [1.54, 1.807) is 30.3 Å². The van der Waals surface area contributed by atoms with Crippen molar-refractivity contribution in [2.75, 3.05) is 6.54 Å². The lowest BCUT2D eigenvalue weighted by Crippen LogP contribution is -2.33. The number of nitrogens with zero attached hydrogens (tertiary/aromatic N) is 1. The molecule has 0 aliphatic rings. The van der Waals surface area contributed by atoms with E-state index in [-0.39, 0.29) is 6.61 Å².